The zero-order valence-electron chi connectivity index (χ0n) is 21.5. The first-order chi connectivity index (χ1) is 17.7. The molecule has 0 N–H and O–H groups in total. The molecule has 0 unspecified atom stereocenters. The van der Waals surface area contributed by atoms with E-state index in [-0.39, 0.29) is 0 Å². The molecule has 0 bridgehead atoms. The highest BCUT2D eigenvalue weighted by Gasteiger charge is 2.49. The van der Waals surface area contributed by atoms with Crippen LogP contribution in [0, 0.1) is 6.92 Å². The Morgan fingerprint density at radius 2 is 1.62 bits per heavy atom. The summed E-state index contributed by atoms with van der Waals surface area (Å²) in [6.45, 7) is 7.24. The van der Waals surface area contributed by atoms with Gasteiger partial charge in [0.15, 0.2) is 9.84 Å². The molecule has 37 heavy (non-hydrogen) atoms. The van der Waals surface area contributed by atoms with E-state index < -0.39 is 14.6 Å². The topological polar surface area (TPSA) is 55.2 Å². The quantitative estimate of drug-likeness (QED) is 0.301. The first-order valence-corrected chi connectivity index (χ1v) is 15.9. The van der Waals surface area contributed by atoms with Gasteiger partial charge in [0.2, 0.25) is 0 Å². The summed E-state index contributed by atoms with van der Waals surface area (Å²) < 4.78 is 30.5. The van der Waals surface area contributed by atoms with Crippen LogP contribution in [0.1, 0.15) is 68.3 Å². The Kier molecular flexibility index (Phi) is 7.88. The maximum absolute atomic E-state index is 14.2. The van der Waals surface area contributed by atoms with Crippen LogP contribution >= 0.6 is 27.5 Å². The summed E-state index contributed by atoms with van der Waals surface area (Å²) in [5.74, 6) is 0.549. The van der Waals surface area contributed by atoms with Crippen molar-refractivity contribution in [2.75, 3.05) is 13.1 Å². The number of rotatable bonds is 6. The van der Waals surface area contributed by atoms with E-state index in [2.05, 4.69) is 50.5 Å². The maximum Gasteiger partial charge on any atom is 0.188 e. The normalized spacial score (nSPS) is 23.8. The molecule has 0 atom stereocenters. The molecule has 2 heterocycles. The van der Waals surface area contributed by atoms with Gasteiger partial charge in [-0.3, -0.25) is 4.68 Å². The van der Waals surface area contributed by atoms with Crippen molar-refractivity contribution in [1.82, 2.24) is 14.7 Å². The number of piperidine rings is 1. The van der Waals surface area contributed by atoms with Crippen LogP contribution < -0.4 is 0 Å². The number of nitrogens with zero attached hydrogens (tertiary/aromatic N) is 3. The first kappa shape index (κ1) is 26.9. The summed E-state index contributed by atoms with van der Waals surface area (Å²) in [6.07, 6.45) is 5.24. The third kappa shape index (κ3) is 5.17. The van der Waals surface area contributed by atoms with E-state index in [9.17, 15) is 8.42 Å². The number of halogens is 2. The highest BCUT2D eigenvalue weighted by molar-refractivity contribution is 9.10. The Morgan fingerprint density at radius 3 is 2.22 bits per heavy atom. The minimum absolute atomic E-state index is 0.349. The second kappa shape index (κ2) is 10.8. The number of aromatic nitrogens is 2. The average molecular weight is 605 g/mol. The average Bonchev–Trinajstić information content (AvgIpc) is 3.30. The van der Waals surface area contributed by atoms with Crippen LogP contribution in [-0.2, 0) is 21.1 Å². The molecule has 0 spiro atoms. The van der Waals surface area contributed by atoms with E-state index in [1.54, 1.807) is 24.3 Å². The molecule has 198 valence electrons. The van der Waals surface area contributed by atoms with Gasteiger partial charge in [-0.25, -0.2) is 8.42 Å². The molecule has 0 amide bonds. The Labute approximate surface area is 234 Å². The zero-order chi connectivity index (χ0) is 26.2. The predicted molar refractivity (Wildman–Crippen MR) is 153 cm³/mol. The largest absolute Gasteiger partial charge is 0.300 e. The van der Waals surface area contributed by atoms with E-state index in [0.29, 0.717) is 34.7 Å². The van der Waals surface area contributed by atoms with Crippen LogP contribution in [0.4, 0.5) is 0 Å². The fourth-order valence-corrected chi connectivity index (χ4v) is 9.00. The van der Waals surface area contributed by atoms with Gasteiger partial charge >= 0.3 is 0 Å². The van der Waals surface area contributed by atoms with Crippen molar-refractivity contribution in [3.63, 3.8) is 0 Å². The molecule has 5 nitrogen and oxygen atoms in total. The highest BCUT2D eigenvalue weighted by atomic mass is 79.9. The van der Waals surface area contributed by atoms with Crippen molar-refractivity contribution >= 4 is 37.4 Å². The molecule has 2 aromatic carbocycles. The van der Waals surface area contributed by atoms with Crippen LogP contribution in [0.15, 0.2) is 64.0 Å². The van der Waals surface area contributed by atoms with E-state index in [4.69, 9.17) is 11.6 Å². The third-order valence-corrected chi connectivity index (χ3v) is 11.8. The number of benzene rings is 2. The lowest BCUT2D eigenvalue weighted by molar-refractivity contribution is 0.110. The Balaban J connectivity index is 1.34. The molecule has 0 radical (unpaired) electrons. The van der Waals surface area contributed by atoms with Crippen LogP contribution in [0.2, 0.25) is 5.02 Å². The van der Waals surface area contributed by atoms with Crippen molar-refractivity contribution in [2.45, 2.75) is 80.5 Å². The van der Waals surface area contributed by atoms with Crippen LogP contribution in [0.3, 0.4) is 0 Å². The molecular formula is C29H35BrClN3O2S. The van der Waals surface area contributed by atoms with Crippen molar-refractivity contribution in [2.24, 2.45) is 0 Å². The van der Waals surface area contributed by atoms with E-state index in [1.807, 2.05) is 24.3 Å². The Morgan fingerprint density at radius 1 is 1.00 bits per heavy atom. The van der Waals surface area contributed by atoms with E-state index >= 15 is 0 Å². The van der Waals surface area contributed by atoms with Gasteiger partial charge in [0.25, 0.3) is 0 Å². The fourth-order valence-electron chi connectivity index (χ4n) is 6.45. The second-order valence-electron chi connectivity index (χ2n) is 10.5. The molecular weight excluding hydrogens is 570 g/mol. The van der Waals surface area contributed by atoms with Crippen LogP contribution in [0.25, 0.3) is 0 Å². The summed E-state index contributed by atoms with van der Waals surface area (Å²) in [6, 6.07) is 17.2. The van der Waals surface area contributed by atoms with Gasteiger partial charge in [0.05, 0.1) is 10.6 Å². The fraction of sp³-hybridized carbons (Fsp3) is 0.483. The van der Waals surface area contributed by atoms with Gasteiger partial charge in [0, 0.05) is 33.7 Å². The summed E-state index contributed by atoms with van der Waals surface area (Å²) in [4.78, 5) is 2.96. The van der Waals surface area contributed by atoms with E-state index in [1.165, 1.54) is 5.69 Å². The number of hydrogen-bond donors (Lipinski definition) is 0. The van der Waals surface area contributed by atoms with Crippen LogP contribution in [0.5, 0.6) is 0 Å². The highest BCUT2D eigenvalue weighted by Crippen LogP contribution is 2.48. The standard InChI is InChI=1S/C29H35BrClN3O2S/c1-3-34-28(20-21(2)32-34)22-14-18-33(19-15-22)26-12-16-29(17-13-26,23-4-6-24(30)7-5-23)37(35,36)27-10-8-25(31)9-11-27/h4-11,20,22,26H,3,12-19H2,1-2H3/t26-,29-. The second-order valence-corrected chi connectivity index (χ2v) is 14.1. The molecule has 1 saturated carbocycles. The van der Waals surface area contributed by atoms with Gasteiger partial charge in [-0.1, -0.05) is 39.7 Å². The lowest BCUT2D eigenvalue weighted by atomic mass is 9.79. The molecule has 2 aliphatic rings. The van der Waals surface area contributed by atoms with Gasteiger partial charge < -0.3 is 4.90 Å². The van der Waals surface area contributed by atoms with Crippen molar-refractivity contribution in [3.8, 4) is 0 Å². The maximum atomic E-state index is 14.2. The summed E-state index contributed by atoms with van der Waals surface area (Å²) >= 11 is 9.59. The molecule has 5 rings (SSSR count). The summed E-state index contributed by atoms with van der Waals surface area (Å²) in [5, 5.41) is 5.19. The lowest BCUT2D eigenvalue weighted by Crippen LogP contribution is -2.48. The first-order valence-electron chi connectivity index (χ1n) is 13.3. The lowest BCUT2D eigenvalue weighted by Gasteiger charge is -2.45. The molecule has 1 saturated heterocycles. The molecule has 8 heteroatoms. The molecule has 1 aromatic heterocycles. The monoisotopic (exact) mass is 603 g/mol. The number of aryl methyl sites for hydroxylation is 2. The minimum Gasteiger partial charge on any atom is -0.300 e. The molecule has 1 aliphatic heterocycles. The predicted octanol–water partition coefficient (Wildman–Crippen LogP) is 7.12. The number of hydrogen-bond acceptors (Lipinski definition) is 4. The van der Waals surface area contributed by atoms with Gasteiger partial charge in [-0.15, -0.1) is 0 Å². The minimum atomic E-state index is -3.61. The zero-order valence-corrected chi connectivity index (χ0v) is 24.7. The SMILES string of the molecule is CCn1nc(C)cc1C1CCN([C@H]2CC[C@](c3ccc(Br)cc3)(S(=O)(=O)c3ccc(Cl)cc3)CC2)CC1. The number of likely N-dealkylation sites (tertiary alicyclic amines) is 1. The smallest absolute Gasteiger partial charge is 0.188 e. The van der Waals surface area contributed by atoms with E-state index in [0.717, 1.165) is 61.0 Å². The number of sulfone groups is 1. The molecule has 1 aliphatic carbocycles. The van der Waals surface area contributed by atoms with Crippen molar-refractivity contribution in [1.29, 1.82) is 0 Å². The van der Waals surface area contributed by atoms with Crippen LogP contribution in [-0.4, -0.2) is 42.2 Å². The molecule has 3 aromatic rings. The van der Waals surface area contributed by atoms with Gasteiger partial charge in [-0.2, -0.15) is 5.10 Å². The molecule has 2 fully saturated rings. The third-order valence-electron chi connectivity index (χ3n) is 8.47. The van der Waals surface area contributed by atoms with Crippen molar-refractivity contribution < 1.29 is 8.42 Å². The van der Waals surface area contributed by atoms with Gasteiger partial charge in [0.1, 0.15) is 4.75 Å². The Hall–Kier alpha value is -1.67. The summed E-state index contributed by atoms with van der Waals surface area (Å²) in [5.41, 5.74) is 3.34. The van der Waals surface area contributed by atoms with Gasteiger partial charge in [-0.05, 0) is 113 Å². The Bertz CT molecular complexity index is 1320. The summed E-state index contributed by atoms with van der Waals surface area (Å²) in [7, 11) is -3.61. The van der Waals surface area contributed by atoms with Crippen molar-refractivity contribution in [3.05, 3.63) is 81.0 Å².